The number of hydrogen-bond donors (Lipinski definition) is 1. The van der Waals surface area contributed by atoms with E-state index in [0.29, 0.717) is 11.5 Å². The molecule has 0 aliphatic heterocycles. The molecule has 0 saturated heterocycles. The van der Waals surface area contributed by atoms with Crippen LogP contribution in [-0.2, 0) is 9.53 Å². The Balaban J connectivity index is 2.85. The average molecular weight is 280 g/mol. The van der Waals surface area contributed by atoms with Gasteiger partial charge in [-0.05, 0) is 30.7 Å². The Labute approximate surface area is 119 Å². The minimum atomic E-state index is -0.204. The molecule has 0 heterocycles. The van der Waals surface area contributed by atoms with E-state index in [9.17, 15) is 4.79 Å². The number of methoxy groups -OCH3 is 1. The van der Waals surface area contributed by atoms with Crippen LogP contribution in [0, 0.1) is 12.8 Å². The first-order valence-corrected chi connectivity index (χ1v) is 6.47. The van der Waals surface area contributed by atoms with Crippen LogP contribution in [0.5, 0.6) is 0 Å². The van der Waals surface area contributed by atoms with Crippen LogP contribution < -0.4 is 10.6 Å². The molecule has 1 rings (SSSR count). The van der Waals surface area contributed by atoms with Crippen molar-refractivity contribution in [3.8, 4) is 0 Å². The summed E-state index contributed by atoms with van der Waals surface area (Å²) in [5.74, 6) is -0.381. The smallest absolute Gasteiger partial charge is 0.310 e. The van der Waals surface area contributed by atoms with E-state index in [4.69, 9.17) is 22.7 Å². The van der Waals surface area contributed by atoms with Crippen LogP contribution in [0.25, 0.3) is 0 Å². The number of nitrogens with zero attached hydrogens (tertiary/aromatic N) is 1. The first kappa shape index (κ1) is 15.4. The highest BCUT2D eigenvalue weighted by atomic mass is 32.1. The molecular weight excluding hydrogens is 260 g/mol. The van der Waals surface area contributed by atoms with E-state index in [2.05, 4.69) is 0 Å². The van der Waals surface area contributed by atoms with Crippen LogP contribution in [0.2, 0.25) is 0 Å². The van der Waals surface area contributed by atoms with Gasteiger partial charge in [-0.2, -0.15) is 0 Å². The largest absolute Gasteiger partial charge is 0.469 e. The summed E-state index contributed by atoms with van der Waals surface area (Å²) in [6.07, 6.45) is 0. The number of carbonyl (C=O) groups excluding carboxylic acids is 1. The summed E-state index contributed by atoms with van der Waals surface area (Å²) in [7, 11) is 3.35. The molecule has 1 aromatic carbocycles. The van der Waals surface area contributed by atoms with E-state index in [1.165, 1.54) is 7.11 Å². The van der Waals surface area contributed by atoms with Crippen molar-refractivity contribution in [1.29, 1.82) is 0 Å². The highest BCUT2D eigenvalue weighted by Crippen LogP contribution is 2.21. The lowest BCUT2D eigenvalue weighted by Gasteiger charge is -2.24. The molecule has 0 radical (unpaired) electrons. The molecule has 0 aromatic heterocycles. The normalized spacial score (nSPS) is 11.8. The second-order valence-electron chi connectivity index (χ2n) is 4.67. The summed E-state index contributed by atoms with van der Waals surface area (Å²) < 4.78 is 4.73. The van der Waals surface area contributed by atoms with Gasteiger partial charge in [0.1, 0.15) is 4.99 Å². The van der Waals surface area contributed by atoms with Crippen LogP contribution in [0.4, 0.5) is 5.69 Å². The summed E-state index contributed by atoms with van der Waals surface area (Å²) in [6.45, 7) is 4.44. The average Bonchev–Trinajstić information content (AvgIpc) is 2.37. The van der Waals surface area contributed by atoms with Crippen LogP contribution in [0.3, 0.4) is 0 Å². The van der Waals surface area contributed by atoms with Crippen molar-refractivity contribution in [3.63, 3.8) is 0 Å². The molecule has 1 unspecified atom stereocenters. The van der Waals surface area contributed by atoms with Gasteiger partial charge >= 0.3 is 5.97 Å². The van der Waals surface area contributed by atoms with Crippen LogP contribution >= 0.6 is 12.2 Å². The zero-order valence-corrected chi connectivity index (χ0v) is 12.6. The third-order valence-corrected chi connectivity index (χ3v) is 3.28. The highest BCUT2D eigenvalue weighted by Gasteiger charge is 2.16. The highest BCUT2D eigenvalue weighted by molar-refractivity contribution is 7.80. The Kier molecular flexibility index (Phi) is 5.30. The minimum Gasteiger partial charge on any atom is -0.469 e. The molecule has 0 bridgehead atoms. The summed E-state index contributed by atoms with van der Waals surface area (Å²) in [5.41, 5.74) is 8.58. The number of nitrogens with two attached hydrogens (primary N) is 1. The Morgan fingerprint density at radius 3 is 2.63 bits per heavy atom. The predicted molar refractivity (Wildman–Crippen MR) is 81.5 cm³/mol. The Morgan fingerprint density at radius 2 is 2.16 bits per heavy atom. The van der Waals surface area contributed by atoms with Gasteiger partial charge in [-0.15, -0.1) is 0 Å². The lowest BCUT2D eigenvalue weighted by Crippen LogP contribution is -2.29. The zero-order valence-electron chi connectivity index (χ0n) is 11.8. The molecule has 19 heavy (non-hydrogen) atoms. The Hall–Kier alpha value is -1.62. The van der Waals surface area contributed by atoms with Crippen molar-refractivity contribution in [2.45, 2.75) is 13.8 Å². The molecule has 0 fully saturated rings. The fraction of sp³-hybridized carbons (Fsp3) is 0.429. The molecule has 104 valence electrons. The van der Waals surface area contributed by atoms with Crippen LogP contribution in [0.1, 0.15) is 18.1 Å². The van der Waals surface area contributed by atoms with Gasteiger partial charge in [0.2, 0.25) is 0 Å². The van der Waals surface area contributed by atoms with Crippen molar-refractivity contribution in [2.75, 3.05) is 25.6 Å². The summed E-state index contributed by atoms with van der Waals surface area (Å²) in [5, 5.41) is 0. The second-order valence-corrected chi connectivity index (χ2v) is 5.11. The topological polar surface area (TPSA) is 55.6 Å². The lowest BCUT2D eigenvalue weighted by molar-refractivity contribution is -0.144. The molecule has 4 nitrogen and oxygen atoms in total. The van der Waals surface area contributed by atoms with Gasteiger partial charge in [-0.25, -0.2) is 0 Å². The number of thiocarbonyl (C=S) groups is 1. The number of esters is 1. The van der Waals surface area contributed by atoms with Gasteiger partial charge in [0, 0.05) is 24.8 Å². The van der Waals surface area contributed by atoms with Gasteiger partial charge < -0.3 is 15.4 Å². The van der Waals surface area contributed by atoms with E-state index >= 15 is 0 Å². The second kappa shape index (κ2) is 6.52. The van der Waals surface area contributed by atoms with E-state index in [0.717, 1.165) is 16.8 Å². The van der Waals surface area contributed by atoms with Gasteiger partial charge in [0.05, 0.1) is 13.0 Å². The fourth-order valence-corrected chi connectivity index (χ4v) is 2.15. The van der Waals surface area contributed by atoms with Gasteiger partial charge in [0.15, 0.2) is 0 Å². The summed E-state index contributed by atoms with van der Waals surface area (Å²) in [4.78, 5) is 13.8. The fourth-order valence-electron chi connectivity index (χ4n) is 2.02. The zero-order chi connectivity index (χ0) is 14.6. The van der Waals surface area contributed by atoms with E-state index in [1.807, 2.05) is 44.0 Å². The van der Waals surface area contributed by atoms with E-state index in [1.54, 1.807) is 0 Å². The molecule has 1 aromatic rings. The molecule has 0 amide bonds. The van der Waals surface area contributed by atoms with Crippen molar-refractivity contribution >= 4 is 28.9 Å². The van der Waals surface area contributed by atoms with E-state index in [-0.39, 0.29) is 11.9 Å². The number of anilines is 1. The number of hydrogen-bond acceptors (Lipinski definition) is 4. The molecule has 0 aliphatic carbocycles. The molecule has 2 N–H and O–H groups in total. The standard InChI is InChI=1S/C14H20N2O2S/c1-9-7-11(13(15)19)5-6-12(9)16(3)8-10(2)14(17)18-4/h5-7,10H,8H2,1-4H3,(H2,15,19). The lowest BCUT2D eigenvalue weighted by atomic mass is 10.1. The van der Waals surface area contributed by atoms with Crippen molar-refractivity contribution in [3.05, 3.63) is 29.3 Å². The van der Waals surface area contributed by atoms with Crippen LogP contribution in [0.15, 0.2) is 18.2 Å². The maximum absolute atomic E-state index is 11.4. The Morgan fingerprint density at radius 1 is 1.53 bits per heavy atom. The van der Waals surface area contributed by atoms with Crippen molar-refractivity contribution in [1.82, 2.24) is 0 Å². The monoisotopic (exact) mass is 280 g/mol. The van der Waals surface area contributed by atoms with Gasteiger partial charge in [0.25, 0.3) is 0 Å². The SMILES string of the molecule is COC(=O)C(C)CN(C)c1ccc(C(N)=S)cc1C. The first-order chi connectivity index (χ1) is 8.86. The van der Waals surface area contributed by atoms with Crippen molar-refractivity contribution < 1.29 is 9.53 Å². The van der Waals surface area contributed by atoms with Gasteiger partial charge in [-0.3, -0.25) is 4.79 Å². The molecular formula is C14H20N2O2S. The van der Waals surface area contributed by atoms with Gasteiger partial charge in [-0.1, -0.05) is 19.1 Å². The summed E-state index contributed by atoms with van der Waals surface area (Å²) in [6, 6.07) is 5.81. The number of carbonyl (C=O) groups is 1. The third kappa shape index (κ3) is 3.92. The molecule has 0 aliphatic rings. The number of benzene rings is 1. The summed E-state index contributed by atoms with van der Waals surface area (Å²) >= 11 is 4.95. The molecule has 1 atom stereocenters. The molecule has 0 spiro atoms. The molecule has 5 heteroatoms. The number of ether oxygens (including phenoxy) is 1. The third-order valence-electron chi connectivity index (χ3n) is 3.04. The van der Waals surface area contributed by atoms with E-state index < -0.39 is 0 Å². The number of aryl methyl sites for hydroxylation is 1. The molecule has 0 saturated carbocycles. The van der Waals surface area contributed by atoms with Crippen LogP contribution in [-0.4, -0.2) is 31.7 Å². The number of rotatable bonds is 5. The maximum atomic E-state index is 11.4. The maximum Gasteiger partial charge on any atom is 0.310 e. The first-order valence-electron chi connectivity index (χ1n) is 6.06. The minimum absolute atomic E-state index is 0.176. The predicted octanol–water partition coefficient (Wildman–Crippen LogP) is 1.87. The van der Waals surface area contributed by atoms with Crippen molar-refractivity contribution in [2.24, 2.45) is 11.7 Å². The Bertz CT molecular complexity index is 488. The quantitative estimate of drug-likeness (QED) is 0.659.